The van der Waals surface area contributed by atoms with Gasteiger partial charge in [0.05, 0.1) is 22.3 Å². The average molecular weight is 426 g/mol. The lowest BCUT2D eigenvalue weighted by atomic mass is 10.1. The Kier molecular flexibility index (Phi) is 4.82. The topological polar surface area (TPSA) is 86.3 Å². The number of imidazole rings is 1. The number of aromatic nitrogens is 5. The van der Waals surface area contributed by atoms with E-state index in [1.54, 1.807) is 16.8 Å². The normalized spacial score (nSPS) is 11.2. The van der Waals surface area contributed by atoms with Gasteiger partial charge in [0.1, 0.15) is 18.0 Å². The van der Waals surface area contributed by atoms with Gasteiger partial charge in [0.25, 0.3) is 5.91 Å². The lowest BCUT2D eigenvalue weighted by Gasteiger charge is -2.10. The van der Waals surface area contributed by atoms with Gasteiger partial charge in [0, 0.05) is 36.9 Å². The first-order valence-electron chi connectivity index (χ1n) is 10.3. The van der Waals surface area contributed by atoms with Gasteiger partial charge < -0.3 is 14.5 Å². The third-order valence-corrected chi connectivity index (χ3v) is 5.23. The maximum absolute atomic E-state index is 13.1. The molecule has 160 valence electrons. The molecule has 1 amide bonds. The van der Waals surface area contributed by atoms with E-state index >= 15 is 0 Å². The summed E-state index contributed by atoms with van der Waals surface area (Å²) in [5.41, 5.74) is 5.11. The van der Waals surface area contributed by atoms with Crippen molar-refractivity contribution in [2.45, 2.75) is 20.5 Å². The predicted molar refractivity (Wildman–Crippen MR) is 122 cm³/mol. The molecule has 8 nitrogen and oxygen atoms in total. The lowest BCUT2D eigenvalue weighted by molar-refractivity contribution is 0.102. The molecule has 0 spiro atoms. The third-order valence-electron chi connectivity index (χ3n) is 5.23. The van der Waals surface area contributed by atoms with Gasteiger partial charge >= 0.3 is 0 Å². The fraction of sp³-hybridized carbons (Fsp3) is 0.167. The van der Waals surface area contributed by atoms with E-state index in [-0.39, 0.29) is 5.91 Å². The van der Waals surface area contributed by atoms with Crippen molar-refractivity contribution in [2.75, 3.05) is 5.32 Å². The summed E-state index contributed by atoms with van der Waals surface area (Å²) >= 11 is 0. The van der Waals surface area contributed by atoms with E-state index < -0.39 is 0 Å². The minimum absolute atomic E-state index is 0.214. The van der Waals surface area contributed by atoms with Crippen molar-refractivity contribution in [1.29, 1.82) is 0 Å². The van der Waals surface area contributed by atoms with Crippen molar-refractivity contribution >= 4 is 28.3 Å². The number of hydrogen-bond acceptors (Lipinski definition) is 5. The van der Waals surface area contributed by atoms with Gasteiger partial charge in [-0.05, 0) is 44.2 Å². The minimum Gasteiger partial charge on any atom is -0.487 e. The van der Waals surface area contributed by atoms with E-state index in [4.69, 9.17) is 4.74 Å². The second-order valence-corrected chi connectivity index (χ2v) is 7.69. The van der Waals surface area contributed by atoms with E-state index in [9.17, 15) is 4.79 Å². The maximum atomic E-state index is 13.1. The van der Waals surface area contributed by atoms with E-state index in [0.717, 1.165) is 28.1 Å². The molecule has 1 N–H and O–H groups in total. The molecule has 5 aromatic rings. The molecule has 0 unspecified atom stereocenters. The van der Waals surface area contributed by atoms with E-state index in [1.165, 1.54) is 0 Å². The molecule has 0 atom stereocenters. The molecule has 0 aliphatic carbocycles. The summed E-state index contributed by atoms with van der Waals surface area (Å²) in [6.07, 6.45) is 3.89. The first-order valence-corrected chi connectivity index (χ1v) is 10.3. The molecule has 1 aromatic carbocycles. The van der Waals surface area contributed by atoms with Crippen LogP contribution in [-0.2, 0) is 13.7 Å². The number of anilines is 1. The maximum Gasteiger partial charge on any atom is 0.256 e. The number of nitrogens with one attached hydrogen (secondary N) is 1. The number of fused-ring (bicyclic) bond motifs is 2. The first kappa shape index (κ1) is 19.7. The van der Waals surface area contributed by atoms with Crippen LogP contribution in [-0.4, -0.2) is 30.1 Å². The van der Waals surface area contributed by atoms with E-state index in [2.05, 4.69) is 20.4 Å². The van der Waals surface area contributed by atoms with Gasteiger partial charge in [-0.2, -0.15) is 5.10 Å². The Morgan fingerprint density at radius 2 is 1.97 bits per heavy atom. The van der Waals surface area contributed by atoms with Crippen LogP contribution in [0.3, 0.4) is 0 Å². The third kappa shape index (κ3) is 3.66. The molecule has 4 aromatic heterocycles. The highest BCUT2D eigenvalue weighted by Gasteiger charge is 2.18. The number of carbonyl (C=O) groups is 1. The Morgan fingerprint density at radius 1 is 1.09 bits per heavy atom. The first-order chi connectivity index (χ1) is 15.5. The van der Waals surface area contributed by atoms with Crippen molar-refractivity contribution in [2.24, 2.45) is 7.05 Å². The highest BCUT2D eigenvalue weighted by molar-refractivity contribution is 6.12. The Bertz CT molecular complexity index is 1430. The van der Waals surface area contributed by atoms with Crippen LogP contribution >= 0.6 is 0 Å². The van der Waals surface area contributed by atoms with Gasteiger partial charge in [-0.3, -0.25) is 9.48 Å². The molecule has 8 heteroatoms. The second-order valence-electron chi connectivity index (χ2n) is 7.69. The van der Waals surface area contributed by atoms with E-state index in [0.29, 0.717) is 29.3 Å². The van der Waals surface area contributed by atoms with Crippen LogP contribution in [0.5, 0.6) is 5.75 Å². The Balaban J connectivity index is 1.35. The number of amides is 1. The second kappa shape index (κ2) is 7.81. The van der Waals surface area contributed by atoms with Crippen LogP contribution in [0.4, 0.5) is 5.69 Å². The number of pyridine rings is 2. The van der Waals surface area contributed by atoms with Crippen LogP contribution < -0.4 is 10.1 Å². The largest absolute Gasteiger partial charge is 0.487 e. The molecule has 0 aliphatic rings. The molecule has 0 aliphatic heterocycles. The Hall–Kier alpha value is -4.20. The van der Waals surface area contributed by atoms with Crippen LogP contribution in [0, 0.1) is 13.8 Å². The summed E-state index contributed by atoms with van der Waals surface area (Å²) in [6, 6.07) is 15.0. The van der Waals surface area contributed by atoms with Crippen LogP contribution in [0.25, 0.3) is 16.7 Å². The summed E-state index contributed by atoms with van der Waals surface area (Å²) in [5.74, 6) is 0.433. The van der Waals surface area contributed by atoms with Crippen molar-refractivity contribution in [3.63, 3.8) is 0 Å². The quantitative estimate of drug-likeness (QED) is 0.458. The molecular formula is C24H22N6O2. The number of benzene rings is 1. The highest BCUT2D eigenvalue weighted by Crippen LogP contribution is 2.24. The van der Waals surface area contributed by atoms with Gasteiger partial charge in [-0.1, -0.05) is 12.1 Å². The zero-order valence-corrected chi connectivity index (χ0v) is 18.0. The molecule has 0 fully saturated rings. The molecular weight excluding hydrogens is 404 g/mol. The van der Waals surface area contributed by atoms with Crippen LogP contribution in [0.15, 0.2) is 60.9 Å². The zero-order chi connectivity index (χ0) is 22.2. The number of ether oxygens (including phenoxy) is 1. The minimum atomic E-state index is -0.214. The summed E-state index contributed by atoms with van der Waals surface area (Å²) in [7, 11) is 1.83. The molecule has 5 rings (SSSR count). The Morgan fingerprint density at radius 3 is 2.81 bits per heavy atom. The Labute approximate surface area is 184 Å². The molecule has 0 bridgehead atoms. The molecule has 4 heterocycles. The van der Waals surface area contributed by atoms with Gasteiger partial charge in [-0.25, -0.2) is 9.97 Å². The molecule has 32 heavy (non-hydrogen) atoms. The summed E-state index contributed by atoms with van der Waals surface area (Å²) in [5, 5.41) is 8.14. The monoisotopic (exact) mass is 426 g/mol. The van der Waals surface area contributed by atoms with Gasteiger partial charge in [0.2, 0.25) is 0 Å². The number of aryl methyl sites for hydroxylation is 3. The fourth-order valence-corrected chi connectivity index (χ4v) is 3.83. The van der Waals surface area contributed by atoms with Crippen molar-refractivity contribution < 1.29 is 9.53 Å². The predicted octanol–water partition coefficient (Wildman–Crippen LogP) is 4.06. The van der Waals surface area contributed by atoms with Crippen molar-refractivity contribution in [3.8, 4) is 5.75 Å². The molecule has 0 saturated carbocycles. The van der Waals surface area contributed by atoms with Gasteiger partial charge in [0.15, 0.2) is 5.65 Å². The summed E-state index contributed by atoms with van der Waals surface area (Å²) in [4.78, 5) is 22.2. The lowest BCUT2D eigenvalue weighted by Crippen LogP contribution is -2.13. The van der Waals surface area contributed by atoms with E-state index in [1.807, 2.05) is 74.1 Å². The number of nitrogens with zero attached hydrogens (tertiary/aromatic N) is 5. The highest BCUT2D eigenvalue weighted by atomic mass is 16.5. The number of carbonyl (C=O) groups excluding carboxylic acids is 1. The standard InChI is InChI=1S/C24H22N6O2/c1-15-11-20(22-16(2)28-29(3)23(22)25-15)24(31)27-17-7-6-8-19(12-17)32-14-18-13-30-10-5-4-9-21(30)26-18/h4-13H,14H2,1-3H3,(H,27,31). The van der Waals surface area contributed by atoms with Crippen LogP contribution in [0.2, 0.25) is 0 Å². The summed E-state index contributed by atoms with van der Waals surface area (Å²) in [6.45, 7) is 4.08. The smallest absolute Gasteiger partial charge is 0.256 e. The molecule has 0 radical (unpaired) electrons. The number of hydrogen-bond donors (Lipinski definition) is 1. The van der Waals surface area contributed by atoms with Crippen molar-refractivity contribution in [3.05, 3.63) is 83.6 Å². The van der Waals surface area contributed by atoms with Crippen LogP contribution in [0.1, 0.15) is 27.4 Å². The SMILES string of the molecule is Cc1cc(C(=O)Nc2cccc(OCc3cn4ccccc4n3)c2)c2c(C)nn(C)c2n1. The fourth-order valence-electron chi connectivity index (χ4n) is 3.83. The van der Waals surface area contributed by atoms with Gasteiger partial charge in [-0.15, -0.1) is 0 Å². The average Bonchev–Trinajstić information content (AvgIpc) is 3.32. The molecule has 0 saturated heterocycles. The zero-order valence-electron chi connectivity index (χ0n) is 18.0. The van der Waals surface area contributed by atoms with Crippen molar-refractivity contribution in [1.82, 2.24) is 24.1 Å². The summed E-state index contributed by atoms with van der Waals surface area (Å²) < 4.78 is 9.56. The number of rotatable bonds is 5.